The van der Waals surface area contributed by atoms with Gasteiger partial charge in [-0.3, -0.25) is 4.90 Å². The van der Waals surface area contributed by atoms with E-state index in [4.69, 9.17) is 9.90 Å². The van der Waals surface area contributed by atoms with Gasteiger partial charge in [-0.25, -0.2) is 17.2 Å². The van der Waals surface area contributed by atoms with Crippen LogP contribution in [0.1, 0.15) is 17.5 Å². The third-order valence-corrected chi connectivity index (χ3v) is 6.85. The normalized spacial score (nSPS) is 14.9. The van der Waals surface area contributed by atoms with Crippen LogP contribution in [-0.2, 0) is 27.5 Å². The van der Waals surface area contributed by atoms with E-state index in [-0.39, 0.29) is 0 Å². The lowest BCUT2D eigenvalue weighted by molar-refractivity contribution is -0.192. The van der Waals surface area contributed by atoms with Crippen LogP contribution in [0.15, 0.2) is 59.6 Å². The third-order valence-electron chi connectivity index (χ3n) is 5.10. The zero-order valence-electron chi connectivity index (χ0n) is 17.3. The number of carbonyl (C=O) groups is 1. The van der Waals surface area contributed by atoms with Crippen LogP contribution in [0.4, 0.5) is 26.3 Å². The van der Waals surface area contributed by atoms with Crippen molar-refractivity contribution in [3.05, 3.63) is 65.9 Å². The Hall–Kier alpha value is -3.06. The Morgan fingerprint density at radius 2 is 1.56 bits per heavy atom. The lowest BCUT2D eigenvalue weighted by Crippen LogP contribution is -2.36. The number of benzene rings is 2. The second kappa shape index (κ2) is 9.29. The first-order valence-electron chi connectivity index (χ1n) is 9.76. The van der Waals surface area contributed by atoms with E-state index >= 15 is 0 Å². The van der Waals surface area contributed by atoms with Crippen molar-refractivity contribution in [1.82, 2.24) is 8.87 Å². The Kier molecular flexibility index (Phi) is 6.99. The highest BCUT2D eigenvalue weighted by molar-refractivity contribution is 7.90. The Bertz CT molecular complexity index is 1290. The van der Waals surface area contributed by atoms with Gasteiger partial charge >= 0.3 is 18.3 Å². The van der Waals surface area contributed by atoms with E-state index in [1.165, 1.54) is 18.3 Å². The maximum atomic E-state index is 13.3. The molecule has 0 radical (unpaired) electrons. The summed E-state index contributed by atoms with van der Waals surface area (Å²) in [7, 11) is -4.39. The van der Waals surface area contributed by atoms with E-state index in [0.717, 1.165) is 46.6 Å². The molecule has 34 heavy (non-hydrogen) atoms. The van der Waals surface area contributed by atoms with Gasteiger partial charge in [-0.2, -0.15) is 26.3 Å². The van der Waals surface area contributed by atoms with Gasteiger partial charge in [0.25, 0.3) is 10.0 Å². The summed E-state index contributed by atoms with van der Waals surface area (Å²) in [6, 6.07) is 11.2. The van der Waals surface area contributed by atoms with Gasteiger partial charge in [0, 0.05) is 18.1 Å². The number of alkyl halides is 6. The van der Waals surface area contributed by atoms with Crippen molar-refractivity contribution in [1.29, 1.82) is 0 Å². The standard InChI is InChI=1S/C19H17F3N2O2S.C2HF3O2/c20-19(21,22)16-6-1-2-8-18(16)27(25,26)24-12-9-15-14(5-3-7-17(15)24)13-23-10-4-11-23;3-2(4,5)1(6)7/h1-3,5-9,12H,4,10-11,13H2;(H,6,7). The molecule has 0 bridgehead atoms. The molecule has 13 heteroatoms. The molecule has 0 aliphatic carbocycles. The molecule has 1 aliphatic rings. The molecule has 6 nitrogen and oxygen atoms in total. The van der Waals surface area contributed by atoms with Crippen LogP contribution in [0.25, 0.3) is 10.9 Å². The van der Waals surface area contributed by atoms with Gasteiger partial charge in [-0.15, -0.1) is 0 Å². The van der Waals surface area contributed by atoms with Crippen molar-refractivity contribution >= 4 is 26.9 Å². The van der Waals surface area contributed by atoms with Gasteiger partial charge in [-0.05, 0) is 49.3 Å². The summed E-state index contributed by atoms with van der Waals surface area (Å²) in [4.78, 5) is 10.4. The van der Waals surface area contributed by atoms with Gasteiger partial charge in [0.05, 0.1) is 11.1 Å². The van der Waals surface area contributed by atoms with Crippen LogP contribution >= 0.6 is 0 Å². The minimum absolute atomic E-state index is 0.380. The van der Waals surface area contributed by atoms with E-state index in [1.54, 1.807) is 18.2 Å². The summed E-state index contributed by atoms with van der Waals surface area (Å²) in [5, 5.41) is 7.86. The Labute approximate surface area is 190 Å². The number of halogens is 6. The molecular formula is C21H18F6N2O4S. The molecule has 0 unspecified atom stereocenters. The fourth-order valence-electron chi connectivity index (χ4n) is 3.37. The SMILES string of the molecule is O=C(O)C(F)(F)F.O=S(=O)(c1ccccc1C(F)(F)F)n1ccc2c(CN3CCC3)cccc21. The van der Waals surface area contributed by atoms with Gasteiger partial charge in [0.1, 0.15) is 4.90 Å². The Morgan fingerprint density at radius 1 is 0.941 bits per heavy atom. The minimum atomic E-state index is -5.08. The zero-order chi connectivity index (χ0) is 25.3. The highest BCUT2D eigenvalue weighted by Gasteiger charge is 2.38. The average Bonchev–Trinajstić information content (AvgIpc) is 3.15. The summed E-state index contributed by atoms with van der Waals surface area (Å²) in [5.41, 5.74) is 0.179. The van der Waals surface area contributed by atoms with Gasteiger partial charge in [-0.1, -0.05) is 24.3 Å². The second-order valence-electron chi connectivity index (χ2n) is 7.39. The number of hydrogen-bond donors (Lipinski definition) is 1. The van der Waals surface area contributed by atoms with Gasteiger partial charge < -0.3 is 5.11 Å². The molecule has 1 N–H and O–H groups in total. The van der Waals surface area contributed by atoms with Crippen molar-refractivity contribution < 1.29 is 44.7 Å². The molecular weight excluding hydrogens is 490 g/mol. The second-order valence-corrected chi connectivity index (χ2v) is 9.18. The van der Waals surface area contributed by atoms with Crippen LogP contribution < -0.4 is 0 Å². The number of aliphatic carboxylic acids is 1. The van der Waals surface area contributed by atoms with Gasteiger partial charge in [0.2, 0.25) is 0 Å². The molecule has 3 aromatic rings. The van der Waals surface area contributed by atoms with Crippen molar-refractivity contribution in [3.63, 3.8) is 0 Å². The van der Waals surface area contributed by atoms with Crippen molar-refractivity contribution in [2.75, 3.05) is 13.1 Å². The predicted molar refractivity (Wildman–Crippen MR) is 110 cm³/mol. The summed E-state index contributed by atoms with van der Waals surface area (Å²) >= 11 is 0. The van der Waals surface area contributed by atoms with E-state index in [2.05, 4.69) is 4.90 Å². The monoisotopic (exact) mass is 508 g/mol. The van der Waals surface area contributed by atoms with E-state index < -0.39 is 38.8 Å². The first kappa shape index (κ1) is 25.6. The molecule has 1 saturated heterocycles. The van der Waals surface area contributed by atoms with Crippen LogP contribution in [0.3, 0.4) is 0 Å². The predicted octanol–water partition coefficient (Wildman–Crippen LogP) is 4.74. The van der Waals surface area contributed by atoms with Crippen LogP contribution in [0.5, 0.6) is 0 Å². The molecule has 0 spiro atoms. The molecule has 2 heterocycles. The fraction of sp³-hybridized carbons (Fsp3) is 0.286. The van der Waals surface area contributed by atoms with Crippen LogP contribution in [0, 0.1) is 0 Å². The Morgan fingerprint density at radius 3 is 2.09 bits per heavy atom. The maximum Gasteiger partial charge on any atom is 0.490 e. The van der Waals surface area contributed by atoms with Crippen molar-refractivity contribution in [3.8, 4) is 0 Å². The highest BCUT2D eigenvalue weighted by atomic mass is 32.2. The summed E-state index contributed by atoms with van der Waals surface area (Å²) < 4.78 is 98.7. The smallest absolute Gasteiger partial charge is 0.475 e. The lowest BCUT2D eigenvalue weighted by atomic mass is 10.1. The summed E-state index contributed by atoms with van der Waals surface area (Å²) in [5.74, 6) is -2.76. The van der Waals surface area contributed by atoms with Crippen LogP contribution in [0.2, 0.25) is 0 Å². The maximum absolute atomic E-state index is 13.3. The molecule has 2 aromatic carbocycles. The highest BCUT2D eigenvalue weighted by Crippen LogP contribution is 2.36. The molecule has 0 saturated carbocycles. The summed E-state index contributed by atoms with van der Waals surface area (Å²) in [6.45, 7) is 2.68. The largest absolute Gasteiger partial charge is 0.490 e. The number of carboxylic acid groups (broad SMARTS) is 1. The van der Waals surface area contributed by atoms with E-state index in [9.17, 15) is 34.8 Å². The van der Waals surface area contributed by atoms with E-state index in [0.29, 0.717) is 12.1 Å². The zero-order valence-corrected chi connectivity index (χ0v) is 18.1. The third kappa shape index (κ3) is 5.36. The minimum Gasteiger partial charge on any atom is -0.475 e. The van der Waals surface area contributed by atoms with Crippen molar-refractivity contribution in [2.45, 2.75) is 30.2 Å². The summed E-state index contributed by atoms with van der Waals surface area (Å²) in [6.07, 6.45) is -7.37. The molecule has 4 rings (SSSR count). The Balaban J connectivity index is 0.000000406. The quantitative estimate of drug-likeness (QED) is 0.516. The number of likely N-dealkylation sites (tertiary alicyclic amines) is 1. The number of rotatable bonds is 4. The first-order chi connectivity index (χ1) is 15.7. The lowest BCUT2D eigenvalue weighted by Gasteiger charge is -2.30. The van der Waals surface area contributed by atoms with Crippen LogP contribution in [-0.4, -0.2) is 47.6 Å². The van der Waals surface area contributed by atoms with Crippen molar-refractivity contribution in [2.24, 2.45) is 0 Å². The number of fused-ring (bicyclic) bond motifs is 1. The number of nitrogens with zero attached hydrogens (tertiary/aromatic N) is 2. The number of carboxylic acids is 1. The fourth-order valence-corrected chi connectivity index (χ4v) is 4.93. The molecule has 184 valence electrons. The molecule has 1 aliphatic heterocycles. The topological polar surface area (TPSA) is 79.6 Å². The average molecular weight is 508 g/mol. The molecule has 0 atom stereocenters. The molecule has 1 fully saturated rings. The van der Waals surface area contributed by atoms with Gasteiger partial charge in [0.15, 0.2) is 0 Å². The number of hydrogen-bond acceptors (Lipinski definition) is 4. The molecule has 1 aromatic heterocycles. The first-order valence-corrected chi connectivity index (χ1v) is 11.2. The van der Waals surface area contributed by atoms with E-state index in [1.807, 2.05) is 6.07 Å². The molecule has 0 amide bonds. The number of aromatic nitrogens is 1.